The Kier molecular flexibility index (Phi) is 2.88. The standard InChI is InChI=1S/C10H18N2OS/c1-5-6-12-8(14)11-9(2,3)7-10(12,4)13/h5,13H,1,6-7H2,2-4H3,(H,11,14). The maximum Gasteiger partial charge on any atom is 0.171 e. The molecule has 0 bridgehead atoms. The van der Waals surface area contributed by atoms with Crippen molar-refractivity contribution in [3.8, 4) is 0 Å². The third-order valence-corrected chi connectivity index (χ3v) is 2.68. The molecule has 0 aromatic heterocycles. The summed E-state index contributed by atoms with van der Waals surface area (Å²) in [6, 6.07) is 0. The van der Waals surface area contributed by atoms with Crippen LogP contribution in [0.3, 0.4) is 0 Å². The minimum atomic E-state index is -0.889. The van der Waals surface area contributed by atoms with Gasteiger partial charge in [-0.25, -0.2) is 0 Å². The summed E-state index contributed by atoms with van der Waals surface area (Å²) in [5, 5.41) is 14.0. The van der Waals surface area contributed by atoms with Crippen LogP contribution < -0.4 is 5.32 Å². The molecular formula is C10H18N2OS. The van der Waals surface area contributed by atoms with E-state index >= 15 is 0 Å². The van der Waals surface area contributed by atoms with Crippen molar-refractivity contribution >= 4 is 17.3 Å². The molecule has 0 spiro atoms. The monoisotopic (exact) mass is 214 g/mol. The van der Waals surface area contributed by atoms with Gasteiger partial charge in [0.25, 0.3) is 0 Å². The van der Waals surface area contributed by atoms with Crippen LogP contribution in [0.2, 0.25) is 0 Å². The van der Waals surface area contributed by atoms with Crippen molar-refractivity contribution in [1.82, 2.24) is 10.2 Å². The number of rotatable bonds is 2. The Labute approximate surface area is 90.8 Å². The molecule has 1 heterocycles. The van der Waals surface area contributed by atoms with Gasteiger partial charge in [-0.3, -0.25) is 0 Å². The molecule has 1 aliphatic heterocycles. The van der Waals surface area contributed by atoms with E-state index in [2.05, 4.69) is 11.9 Å². The highest BCUT2D eigenvalue weighted by atomic mass is 32.1. The Bertz CT molecular complexity index is 261. The van der Waals surface area contributed by atoms with Crippen LogP contribution in [0.15, 0.2) is 12.7 Å². The first-order valence-electron chi connectivity index (χ1n) is 4.71. The third kappa shape index (κ3) is 2.25. The van der Waals surface area contributed by atoms with Gasteiger partial charge in [-0.1, -0.05) is 6.08 Å². The van der Waals surface area contributed by atoms with E-state index in [0.717, 1.165) is 0 Å². The lowest BCUT2D eigenvalue weighted by atomic mass is 9.90. The maximum atomic E-state index is 10.2. The summed E-state index contributed by atoms with van der Waals surface area (Å²) in [7, 11) is 0. The zero-order valence-electron chi connectivity index (χ0n) is 9.00. The van der Waals surface area contributed by atoms with Gasteiger partial charge in [0.2, 0.25) is 0 Å². The fourth-order valence-corrected chi connectivity index (χ4v) is 2.51. The number of aliphatic hydroxyl groups is 1. The second-order valence-corrected chi connectivity index (χ2v) is 4.99. The maximum absolute atomic E-state index is 10.2. The largest absolute Gasteiger partial charge is 0.371 e. The number of nitrogens with one attached hydrogen (secondary N) is 1. The molecule has 0 saturated carbocycles. The molecular weight excluding hydrogens is 196 g/mol. The highest BCUT2D eigenvalue weighted by Gasteiger charge is 2.42. The smallest absolute Gasteiger partial charge is 0.171 e. The first kappa shape index (κ1) is 11.5. The van der Waals surface area contributed by atoms with E-state index in [1.54, 1.807) is 17.9 Å². The third-order valence-electron chi connectivity index (χ3n) is 2.36. The van der Waals surface area contributed by atoms with E-state index in [4.69, 9.17) is 12.2 Å². The molecule has 14 heavy (non-hydrogen) atoms. The van der Waals surface area contributed by atoms with E-state index in [9.17, 15) is 5.11 Å². The zero-order valence-corrected chi connectivity index (χ0v) is 9.82. The Morgan fingerprint density at radius 2 is 2.21 bits per heavy atom. The molecule has 1 aliphatic rings. The first-order chi connectivity index (χ1) is 6.28. The van der Waals surface area contributed by atoms with Crippen LogP contribution in [0.4, 0.5) is 0 Å². The minimum absolute atomic E-state index is 0.155. The van der Waals surface area contributed by atoms with Crippen molar-refractivity contribution in [2.24, 2.45) is 0 Å². The first-order valence-corrected chi connectivity index (χ1v) is 5.12. The van der Waals surface area contributed by atoms with Gasteiger partial charge in [-0.15, -0.1) is 6.58 Å². The van der Waals surface area contributed by atoms with Gasteiger partial charge in [0.15, 0.2) is 5.11 Å². The molecule has 1 rings (SSSR count). The van der Waals surface area contributed by atoms with Gasteiger partial charge < -0.3 is 15.3 Å². The van der Waals surface area contributed by atoms with Crippen molar-refractivity contribution < 1.29 is 5.11 Å². The summed E-state index contributed by atoms with van der Waals surface area (Å²) in [6.45, 7) is 10.1. The molecule has 1 fully saturated rings. The zero-order chi connectivity index (χ0) is 11.0. The number of nitrogens with zero attached hydrogens (tertiary/aromatic N) is 1. The molecule has 1 atom stereocenters. The SMILES string of the molecule is C=CCN1C(=S)NC(C)(C)CC1(C)O. The topological polar surface area (TPSA) is 35.5 Å². The molecule has 0 radical (unpaired) electrons. The molecule has 1 unspecified atom stereocenters. The molecule has 0 aromatic carbocycles. The summed E-state index contributed by atoms with van der Waals surface area (Å²) >= 11 is 5.20. The fraction of sp³-hybridized carbons (Fsp3) is 0.700. The molecule has 3 nitrogen and oxygen atoms in total. The van der Waals surface area contributed by atoms with Crippen molar-refractivity contribution in [2.75, 3.05) is 6.54 Å². The summed E-state index contributed by atoms with van der Waals surface area (Å²) in [4.78, 5) is 1.75. The van der Waals surface area contributed by atoms with Gasteiger partial charge in [0.05, 0.1) is 0 Å². The molecule has 1 saturated heterocycles. The quantitative estimate of drug-likeness (QED) is 0.535. The van der Waals surface area contributed by atoms with Crippen LogP contribution in [0.1, 0.15) is 27.2 Å². The van der Waals surface area contributed by atoms with Crippen molar-refractivity contribution in [3.05, 3.63) is 12.7 Å². The van der Waals surface area contributed by atoms with Gasteiger partial charge in [-0.05, 0) is 33.0 Å². The van der Waals surface area contributed by atoms with E-state index in [0.29, 0.717) is 18.1 Å². The van der Waals surface area contributed by atoms with Crippen LogP contribution >= 0.6 is 12.2 Å². The Morgan fingerprint density at radius 1 is 1.64 bits per heavy atom. The molecule has 0 aromatic rings. The highest BCUT2D eigenvalue weighted by Crippen LogP contribution is 2.28. The lowest BCUT2D eigenvalue weighted by Gasteiger charge is -2.49. The van der Waals surface area contributed by atoms with Crippen molar-refractivity contribution in [1.29, 1.82) is 0 Å². The van der Waals surface area contributed by atoms with E-state index in [-0.39, 0.29) is 5.54 Å². The molecule has 0 aliphatic carbocycles. The van der Waals surface area contributed by atoms with Crippen molar-refractivity contribution in [3.63, 3.8) is 0 Å². The van der Waals surface area contributed by atoms with Gasteiger partial charge in [0, 0.05) is 18.5 Å². The Balaban J connectivity index is 2.88. The second-order valence-electron chi connectivity index (χ2n) is 4.61. The molecule has 0 amide bonds. The lowest BCUT2D eigenvalue weighted by Crippen LogP contribution is -2.66. The predicted molar refractivity (Wildman–Crippen MR) is 62.0 cm³/mol. The fourth-order valence-electron chi connectivity index (χ4n) is 1.96. The summed E-state index contributed by atoms with van der Waals surface area (Å²) in [5.74, 6) is 0. The average molecular weight is 214 g/mol. The van der Waals surface area contributed by atoms with Gasteiger partial charge in [0.1, 0.15) is 5.72 Å². The van der Waals surface area contributed by atoms with Crippen LogP contribution in [-0.4, -0.2) is 32.9 Å². The number of hydrogen-bond donors (Lipinski definition) is 2. The summed E-state index contributed by atoms with van der Waals surface area (Å²) in [6.07, 6.45) is 2.37. The van der Waals surface area contributed by atoms with Crippen LogP contribution in [0, 0.1) is 0 Å². The van der Waals surface area contributed by atoms with Gasteiger partial charge >= 0.3 is 0 Å². The van der Waals surface area contributed by atoms with Crippen LogP contribution in [0.25, 0.3) is 0 Å². The highest BCUT2D eigenvalue weighted by molar-refractivity contribution is 7.80. The number of hydrogen-bond acceptors (Lipinski definition) is 2. The van der Waals surface area contributed by atoms with Gasteiger partial charge in [-0.2, -0.15) is 0 Å². The summed E-state index contributed by atoms with van der Waals surface area (Å²) < 4.78 is 0. The van der Waals surface area contributed by atoms with Crippen molar-refractivity contribution in [2.45, 2.75) is 38.5 Å². The van der Waals surface area contributed by atoms with Crippen LogP contribution in [-0.2, 0) is 0 Å². The van der Waals surface area contributed by atoms with E-state index < -0.39 is 5.72 Å². The summed E-state index contributed by atoms with van der Waals surface area (Å²) in [5.41, 5.74) is -1.04. The van der Waals surface area contributed by atoms with E-state index in [1.165, 1.54) is 0 Å². The Hall–Kier alpha value is -0.610. The average Bonchev–Trinajstić information content (AvgIpc) is 1.93. The van der Waals surface area contributed by atoms with Crippen LogP contribution in [0.5, 0.6) is 0 Å². The molecule has 2 N–H and O–H groups in total. The Morgan fingerprint density at radius 3 is 2.64 bits per heavy atom. The van der Waals surface area contributed by atoms with E-state index in [1.807, 2.05) is 13.8 Å². The predicted octanol–water partition coefficient (Wildman–Crippen LogP) is 1.24. The normalized spacial score (nSPS) is 31.1. The molecule has 4 heteroatoms. The molecule has 80 valence electrons. The minimum Gasteiger partial charge on any atom is -0.371 e. The lowest BCUT2D eigenvalue weighted by molar-refractivity contribution is -0.0834. The second kappa shape index (κ2) is 3.51. The number of thiocarbonyl (C=S) groups is 1.